The predicted octanol–water partition coefficient (Wildman–Crippen LogP) is 0.553. The van der Waals surface area contributed by atoms with Gasteiger partial charge in [-0.15, -0.1) is 0 Å². The van der Waals surface area contributed by atoms with E-state index in [1.54, 1.807) is 0 Å². The summed E-state index contributed by atoms with van der Waals surface area (Å²) in [4.78, 5) is 1.29. The van der Waals surface area contributed by atoms with Crippen molar-refractivity contribution in [1.29, 1.82) is 0 Å². The predicted molar refractivity (Wildman–Crippen MR) is 93.6 cm³/mol. The van der Waals surface area contributed by atoms with Gasteiger partial charge >= 0.3 is 0 Å². The minimum atomic E-state index is -4.10. The van der Waals surface area contributed by atoms with Crippen LogP contribution in [0, 0.1) is 11.6 Å². The first-order valence-electron chi connectivity index (χ1n) is 8.12. The van der Waals surface area contributed by atoms with Crippen molar-refractivity contribution < 1.29 is 25.6 Å². The first kappa shape index (κ1) is 21.2. The lowest BCUT2D eigenvalue weighted by Gasteiger charge is -2.34. The zero-order valence-corrected chi connectivity index (χ0v) is 16.4. The summed E-state index contributed by atoms with van der Waals surface area (Å²) in [7, 11) is -4.41. The summed E-state index contributed by atoms with van der Waals surface area (Å²) < 4.78 is 77.8. The zero-order chi connectivity index (χ0) is 19.5. The van der Waals surface area contributed by atoms with Crippen molar-refractivity contribution in [3.8, 4) is 0 Å². The minimum absolute atomic E-state index is 0.0208. The summed E-state index contributed by atoms with van der Waals surface area (Å²) in [6.07, 6.45) is 0.436. The Labute approximate surface area is 153 Å². The van der Waals surface area contributed by atoms with Gasteiger partial charge < -0.3 is 4.90 Å². The van der Waals surface area contributed by atoms with E-state index in [1.165, 1.54) is 18.4 Å². The molecule has 1 saturated heterocycles. The molecule has 1 fully saturated rings. The van der Waals surface area contributed by atoms with Gasteiger partial charge in [0.1, 0.15) is 16.5 Å². The second kappa shape index (κ2) is 8.26. The Hall–Kier alpha value is -1.14. The Balaban J connectivity index is 1.93. The van der Waals surface area contributed by atoms with Crippen LogP contribution in [0.2, 0.25) is 0 Å². The van der Waals surface area contributed by atoms with E-state index in [-0.39, 0.29) is 18.8 Å². The number of hydrogen-bond acceptors (Lipinski definition) is 5. The highest BCUT2D eigenvalue weighted by Gasteiger charge is 2.31. The molecule has 7 nitrogen and oxygen atoms in total. The Morgan fingerprint density at radius 1 is 1.04 bits per heavy atom. The molecule has 0 atom stereocenters. The molecule has 0 spiro atoms. The first-order valence-corrected chi connectivity index (χ1v) is 11.2. The van der Waals surface area contributed by atoms with Gasteiger partial charge in [-0.25, -0.2) is 29.9 Å². The quantitative estimate of drug-likeness (QED) is 0.655. The fraction of sp³-hybridized carbons (Fsp3) is 0.600. The molecule has 1 aliphatic heterocycles. The molecule has 0 saturated carbocycles. The van der Waals surface area contributed by atoms with Gasteiger partial charge in [-0.05, 0) is 31.2 Å². The lowest BCUT2D eigenvalue weighted by molar-refractivity contribution is 0.188. The van der Waals surface area contributed by atoms with Gasteiger partial charge in [-0.1, -0.05) is 0 Å². The van der Waals surface area contributed by atoms with E-state index in [0.29, 0.717) is 32.1 Å². The van der Waals surface area contributed by atoms with Crippen molar-refractivity contribution in [2.45, 2.75) is 11.3 Å². The van der Waals surface area contributed by atoms with Crippen LogP contribution in [0.5, 0.6) is 0 Å². The third kappa shape index (κ3) is 4.97. The SMILES string of the molecule is CN(C)S(=O)(=O)CCCN1CCN(S(=O)(=O)c2cc(F)ccc2F)CC1. The van der Waals surface area contributed by atoms with Gasteiger partial charge in [0.25, 0.3) is 0 Å². The van der Waals surface area contributed by atoms with Crippen LogP contribution in [0.3, 0.4) is 0 Å². The molecule has 148 valence electrons. The van der Waals surface area contributed by atoms with Crippen LogP contribution in [0.25, 0.3) is 0 Å². The lowest BCUT2D eigenvalue weighted by atomic mass is 10.3. The molecule has 0 bridgehead atoms. The smallest absolute Gasteiger partial charge is 0.246 e. The van der Waals surface area contributed by atoms with E-state index >= 15 is 0 Å². The monoisotopic (exact) mass is 411 g/mol. The number of piperazine rings is 1. The third-order valence-electron chi connectivity index (χ3n) is 4.28. The van der Waals surface area contributed by atoms with Crippen molar-refractivity contribution in [3.63, 3.8) is 0 Å². The number of hydrogen-bond donors (Lipinski definition) is 0. The van der Waals surface area contributed by atoms with Crippen LogP contribution < -0.4 is 0 Å². The Bertz CT molecular complexity index is 836. The normalized spacial score (nSPS) is 17.7. The maximum Gasteiger partial charge on any atom is 0.246 e. The fourth-order valence-corrected chi connectivity index (χ4v) is 5.02. The fourth-order valence-electron chi connectivity index (χ4n) is 2.66. The van der Waals surface area contributed by atoms with Crippen molar-refractivity contribution in [2.75, 3.05) is 52.6 Å². The standard InChI is InChI=1S/C15H23F2N3O4S2/c1-18(2)25(21,22)11-3-6-19-7-9-20(10-8-19)26(23,24)15-12-13(16)4-5-14(15)17/h4-5,12H,3,6-11H2,1-2H3. The number of halogens is 2. The molecule has 0 unspecified atom stereocenters. The molecule has 0 radical (unpaired) electrons. The van der Waals surface area contributed by atoms with Gasteiger partial charge in [0.15, 0.2) is 0 Å². The molecule has 0 amide bonds. The summed E-state index contributed by atoms with van der Waals surface area (Å²) in [6.45, 7) is 1.60. The summed E-state index contributed by atoms with van der Waals surface area (Å²) in [5.74, 6) is -1.78. The van der Waals surface area contributed by atoms with Gasteiger partial charge in [0.2, 0.25) is 20.0 Å². The molecular formula is C15H23F2N3O4S2. The average molecular weight is 411 g/mol. The molecule has 1 heterocycles. The van der Waals surface area contributed by atoms with Crippen molar-refractivity contribution >= 4 is 20.0 Å². The highest BCUT2D eigenvalue weighted by atomic mass is 32.2. The average Bonchev–Trinajstić information content (AvgIpc) is 2.57. The van der Waals surface area contributed by atoms with E-state index < -0.39 is 36.6 Å². The van der Waals surface area contributed by atoms with Crippen LogP contribution in [0.4, 0.5) is 8.78 Å². The Kier molecular flexibility index (Phi) is 6.72. The van der Waals surface area contributed by atoms with Crippen molar-refractivity contribution in [3.05, 3.63) is 29.8 Å². The van der Waals surface area contributed by atoms with Crippen molar-refractivity contribution in [2.24, 2.45) is 0 Å². The van der Waals surface area contributed by atoms with Crippen molar-refractivity contribution in [1.82, 2.24) is 13.5 Å². The maximum atomic E-state index is 13.8. The summed E-state index contributed by atoms with van der Waals surface area (Å²) in [5, 5.41) is 0. The topological polar surface area (TPSA) is 78.0 Å². The van der Waals surface area contributed by atoms with Gasteiger partial charge in [0, 0.05) is 40.3 Å². The molecule has 0 aromatic heterocycles. The summed E-state index contributed by atoms with van der Waals surface area (Å²) >= 11 is 0. The number of nitrogens with zero attached hydrogens (tertiary/aromatic N) is 3. The van der Waals surface area contributed by atoms with Crippen LogP contribution in [0.1, 0.15) is 6.42 Å². The molecule has 26 heavy (non-hydrogen) atoms. The second-order valence-electron chi connectivity index (χ2n) is 6.27. The highest BCUT2D eigenvalue weighted by Crippen LogP contribution is 2.21. The highest BCUT2D eigenvalue weighted by molar-refractivity contribution is 7.89. The molecule has 1 aliphatic rings. The van der Waals surface area contributed by atoms with Gasteiger partial charge in [-0.2, -0.15) is 4.31 Å². The Morgan fingerprint density at radius 2 is 1.65 bits per heavy atom. The number of sulfonamides is 2. The van der Waals surface area contributed by atoms with Crippen LogP contribution in [-0.2, 0) is 20.0 Å². The van der Waals surface area contributed by atoms with Gasteiger partial charge in [-0.3, -0.25) is 0 Å². The summed E-state index contributed by atoms with van der Waals surface area (Å²) in [5.41, 5.74) is 0. The largest absolute Gasteiger partial charge is 0.301 e. The van der Waals surface area contributed by atoms with Crippen LogP contribution in [-0.4, -0.2) is 82.9 Å². The van der Waals surface area contributed by atoms with Crippen LogP contribution >= 0.6 is 0 Å². The van der Waals surface area contributed by atoms with Gasteiger partial charge in [0.05, 0.1) is 5.75 Å². The zero-order valence-electron chi connectivity index (χ0n) is 14.7. The molecule has 0 aliphatic carbocycles. The van der Waals surface area contributed by atoms with E-state index in [9.17, 15) is 25.6 Å². The molecule has 11 heteroatoms. The number of rotatable bonds is 7. The minimum Gasteiger partial charge on any atom is -0.301 e. The molecule has 2 rings (SSSR count). The van der Waals surface area contributed by atoms with Crippen LogP contribution in [0.15, 0.2) is 23.1 Å². The summed E-state index contributed by atoms with van der Waals surface area (Å²) in [6, 6.07) is 2.35. The first-order chi connectivity index (χ1) is 12.0. The number of benzene rings is 1. The lowest BCUT2D eigenvalue weighted by Crippen LogP contribution is -2.49. The molecule has 1 aromatic rings. The third-order valence-corrected chi connectivity index (χ3v) is 8.11. The Morgan fingerprint density at radius 3 is 2.23 bits per heavy atom. The molecule has 1 aromatic carbocycles. The van der Waals surface area contributed by atoms with E-state index in [2.05, 4.69) is 0 Å². The van der Waals surface area contributed by atoms with E-state index in [1.807, 2.05) is 4.90 Å². The van der Waals surface area contributed by atoms with E-state index in [0.717, 1.165) is 16.4 Å². The molecule has 0 N–H and O–H groups in total. The molecular weight excluding hydrogens is 388 g/mol. The second-order valence-corrected chi connectivity index (χ2v) is 10.5. The maximum absolute atomic E-state index is 13.8. The van der Waals surface area contributed by atoms with E-state index in [4.69, 9.17) is 0 Å².